The molecule has 0 saturated heterocycles. The Kier molecular flexibility index (Phi) is 2.51. The number of halogens is 2. The van der Waals surface area contributed by atoms with Gasteiger partial charge in [-0.25, -0.2) is 4.39 Å². The van der Waals surface area contributed by atoms with Crippen LogP contribution in [0, 0.1) is 11.6 Å². The molecule has 1 rings (SSSR count). The third-order valence-electron chi connectivity index (χ3n) is 1.16. The lowest BCUT2D eigenvalue weighted by atomic mass is 10.3. The standard InChI is InChI=1S/C7H6F2O3S/c1-13(10,11)12-6-4-2-3-5(8)7(6)9/h2-4H,1H3. The molecule has 0 aliphatic carbocycles. The van der Waals surface area contributed by atoms with Crippen LogP contribution in [0.1, 0.15) is 0 Å². The predicted molar refractivity (Wildman–Crippen MR) is 41.8 cm³/mol. The maximum atomic E-state index is 12.8. The van der Waals surface area contributed by atoms with E-state index in [0.717, 1.165) is 24.5 Å². The molecule has 1 aromatic carbocycles. The molecule has 0 unspecified atom stereocenters. The monoisotopic (exact) mass is 208 g/mol. The summed E-state index contributed by atoms with van der Waals surface area (Å²) in [6.07, 6.45) is 0.747. The summed E-state index contributed by atoms with van der Waals surface area (Å²) in [6, 6.07) is 3.04. The molecule has 0 N–H and O–H groups in total. The van der Waals surface area contributed by atoms with Crippen molar-refractivity contribution >= 4 is 10.1 Å². The fourth-order valence-electron chi connectivity index (χ4n) is 0.711. The van der Waals surface area contributed by atoms with E-state index in [2.05, 4.69) is 4.18 Å². The van der Waals surface area contributed by atoms with Crippen LogP contribution in [-0.2, 0) is 10.1 Å². The van der Waals surface area contributed by atoms with Gasteiger partial charge in [0.1, 0.15) is 0 Å². The second-order valence-corrected chi connectivity index (χ2v) is 3.91. The Labute approximate surface area is 74.1 Å². The van der Waals surface area contributed by atoms with Gasteiger partial charge >= 0.3 is 10.1 Å². The van der Waals surface area contributed by atoms with Crippen LogP contribution in [0.25, 0.3) is 0 Å². The number of benzene rings is 1. The summed E-state index contributed by atoms with van der Waals surface area (Å²) in [7, 11) is -3.82. The van der Waals surface area contributed by atoms with E-state index in [1.807, 2.05) is 0 Å². The highest BCUT2D eigenvalue weighted by molar-refractivity contribution is 7.86. The molecule has 0 bridgehead atoms. The van der Waals surface area contributed by atoms with Crippen molar-refractivity contribution in [1.82, 2.24) is 0 Å². The van der Waals surface area contributed by atoms with Crippen LogP contribution in [-0.4, -0.2) is 14.7 Å². The molecule has 0 aliphatic rings. The number of hydrogen-bond acceptors (Lipinski definition) is 3. The van der Waals surface area contributed by atoms with Crippen LogP contribution in [0.2, 0.25) is 0 Å². The average Bonchev–Trinajstić information content (AvgIpc) is 1.96. The van der Waals surface area contributed by atoms with Gasteiger partial charge < -0.3 is 4.18 Å². The first-order valence-electron chi connectivity index (χ1n) is 3.23. The number of rotatable bonds is 2. The fraction of sp³-hybridized carbons (Fsp3) is 0.143. The third-order valence-corrected chi connectivity index (χ3v) is 1.64. The molecule has 0 heterocycles. The minimum Gasteiger partial charge on any atom is -0.379 e. The zero-order chi connectivity index (χ0) is 10.1. The first-order valence-corrected chi connectivity index (χ1v) is 5.05. The molecule has 0 radical (unpaired) electrons. The van der Waals surface area contributed by atoms with Gasteiger partial charge in [-0.05, 0) is 12.1 Å². The van der Waals surface area contributed by atoms with Crippen LogP contribution in [0.4, 0.5) is 8.78 Å². The molecule has 13 heavy (non-hydrogen) atoms. The van der Waals surface area contributed by atoms with Crippen molar-refractivity contribution < 1.29 is 21.4 Å². The second-order valence-electron chi connectivity index (χ2n) is 2.34. The SMILES string of the molecule is CS(=O)(=O)Oc1cccc(F)c1F. The Balaban J connectivity index is 3.10. The van der Waals surface area contributed by atoms with Gasteiger partial charge in [-0.3, -0.25) is 0 Å². The zero-order valence-corrected chi connectivity index (χ0v) is 7.44. The van der Waals surface area contributed by atoms with Gasteiger partial charge in [-0.1, -0.05) is 6.07 Å². The Hall–Kier alpha value is -1.17. The molecule has 3 nitrogen and oxygen atoms in total. The Morgan fingerprint density at radius 2 is 1.92 bits per heavy atom. The molecule has 72 valence electrons. The van der Waals surface area contributed by atoms with Gasteiger partial charge in [0.15, 0.2) is 11.6 Å². The van der Waals surface area contributed by atoms with Crippen LogP contribution >= 0.6 is 0 Å². The first-order chi connectivity index (χ1) is 5.90. The summed E-state index contributed by atoms with van der Waals surface area (Å²) in [5.74, 6) is -3.10. The van der Waals surface area contributed by atoms with Gasteiger partial charge in [-0.15, -0.1) is 0 Å². The van der Waals surface area contributed by atoms with E-state index in [0.29, 0.717) is 0 Å². The molecule has 0 fully saturated rings. The van der Waals surface area contributed by atoms with Crippen LogP contribution in [0.3, 0.4) is 0 Å². The number of hydrogen-bond donors (Lipinski definition) is 0. The van der Waals surface area contributed by atoms with Gasteiger partial charge in [0.05, 0.1) is 6.26 Å². The zero-order valence-electron chi connectivity index (χ0n) is 6.62. The quantitative estimate of drug-likeness (QED) is 0.688. The summed E-state index contributed by atoms with van der Waals surface area (Å²) < 4.78 is 50.5. The maximum Gasteiger partial charge on any atom is 0.306 e. The molecular weight excluding hydrogens is 202 g/mol. The smallest absolute Gasteiger partial charge is 0.306 e. The van der Waals surface area contributed by atoms with Crippen molar-refractivity contribution in [2.45, 2.75) is 0 Å². The molecular formula is C7H6F2O3S. The molecule has 0 aromatic heterocycles. The summed E-state index contributed by atoms with van der Waals surface area (Å²) in [6.45, 7) is 0. The van der Waals surface area contributed by atoms with Gasteiger partial charge in [-0.2, -0.15) is 12.8 Å². The van der Waals surface area contributed by atoms with Crippen LogP contribution in [0.15, 0.2) is 18.2 Å². The van der Waals surface area contributed by atoms with Crippen molar-refractivity contribution in [3.8, 4) is 5.75 Å². The lowest BCUT2D eigenvalue weighted by molar-refractivity contribution is 0.440. The van der Waals surface area contributed by atoms with Crippen molar-refractivity contribution in [3.05, 3.63) is 29.8 Å². The van der Waals surface area contributed by atoms with Gasteiger partial charge in [0.25, 0.3) is 0 Å². The Morgan fingerprint density at radius 3 is 2.46 bits per heavy atom. The largest absolute Gasteiger partial charge is 0.379 e. The summed E-state index contributed by atoms with van der Waals surface area (Å²) in [5, 5.41) is 0. The van der Waals surface area contributed by atoms with E-state index >= 15 is 0 Å². The summed E-state index contributed by atoms with van der Waals surface area (Å²) in [4.78, 5) is 0. The molecule has 6 heteroatoms. The highest BCUT2D eigenvalue weighted by Crippen LogP contribution is 2.20. The minimum absolute atomic E-state index is 0.637. The Morgan fingerprint density at radius 1 is 1.31 bits per heavy atom. The lowest BCUT2D eigenvalue weighted by Crippen LogP contribution is -2.07. The predicted octanol–water partition coefficient (Wildman–Crippen LogP) is 1.30. The van der Waals surface area contributed by atoms with E-state index in [-0.39, 0.29) is 0 Å². The van der Waals surface area contributed by atoms with E-state index in [1.54, 1.807) is 0 Å². The lowest BCUT2D eigenvalue weighted by Gasteiger charge is -2.03. The van der Waals surface area contributed by atoms with Crippen molar-refractivity contribution in [2.75, 3.05) is 6.26 Å². The van der Waals surface area contributed by atoms with E-state index in [4.69, 9.17) is 0 Å². The summed E-state index contributed by atoms with van der Waals surface area (Å²) >= 11 is 0. The molecule has 1 aromatic rings. The third kappa shape index (κ3) is 2.66. The maximum absolute atomic E-state index is 12.8. The molecule has 0 saturated carbocycles. The fourth-order valence-corrected chi connectivity index (χ4v) is 1.17. The first kappa shape index (κ1) is 9.91. The van der Waals surface area contributed by atoms with Gasteiger partial charge in [0, 0.05) is 0 Å². The average molecular weight is 208 g/mol. The summed E-state index contributed by atoms with van der Waals surface area (Å²) in [5.41, 5.74) is 0. The topological polar surface area (TPSA) is 43.4 Å². The van der Waals surface area contributed by atoms with E-state index in [9.17, 15) is 17.2 Å². The van der Waals surface area contributed by atoms with Crippen molar-refractivity contribution in [2.24, 2.45) is 0 Å². The van der Waals surface area contributed by atoms with Gasteiger partial charge in [0.2, 0.25) is 5.82 Å². The molecule has 0 amide bonds. The van der Waals surface area contributed by atoms with Crippen LogP contribution < -0.4 is 4.18 Å². The van der Waals surface area contributed by atoms with E-state index < -0.39 is 27.5 Å². The Bertz CT molecular complexity index is 414. The molecule has 0 atom stereocenters. The minimum atomic E-state index is -3.82. The molecule has 0 spiro atoms. The second kappa shape index (κ2) is 3.29. The normalized spacial score (nSPS) is 11.3. The van der Waals surface area contributed by atoms with Crippen molar-refractivity contribution in [1.29, 1.82) is 0 Å². The van der Waals surface area contributed by atoms with E-state index in [1.165, 1.54) is 0 Å². The highest BCUT2D eigenvalue weighted by atomic mass is 32.2. The van der Waals surface area contributed by atoms with Crippen LogP contribution in [0.5, 0.6) is 5.75 Å². The highest BCUT2D eigenvalue weighted by Gasteiger charge is 2.12. The van der Waals surface area contributed by atoms with Crippen molar-refractivity contribution in [3.63, 3.8) is 0 Å². The molecule has 0 aliphatic heterocycles.